The fourth-order valence-corrected chi connectivity index (χ4v) is 1.74. The molecule has 6 heteroatoms. The molecule has 3 N–H and O–H groups in total. The summed E-state index contributed by atoms with van der Waals surface area (Å²) in [5.41, 5.74) is 0. The van der Waals surface area contributed by atoms with Crippen LogP contribution in [0.2, 0.25) is 0 Å². The molecule has 0 aliphatic carbocycles. The van der Waals surface area contributed by atoms with Crippen molar-refractivity contribution in [2.75, 3.05) is 6.61 Å². The van der Waals surface area contributed by atoms with Crippen molar-refractivity contribution in [1.82, 2.24) is 10.2 Å². The third kappa shape index (κ3) is 2.11. The van der Waals surface area contributed by atoms with E-state index in [1.807, 2.05) is 0 Å². The average Bonchev–Trinajstić information content (AvgIpc) is 2.66. The normalized spacial score (nSPS) is 35.7. The highest BCUT2D eigenvalue weighted by molar-refractivity contribution is 5.77. The second-order valence-electron chi connectivity index (χ2n) is 3.62. The van der Waals surface area contributed by atoms with Crippen LogP contribution in [-0.2, 0) is 4.74 Å². The molecule has 6 nitrogen and oxygen atoms in total. The van der Waals surface area contributed by atoms with Crippen molar-refractivity contribution in [3.05, 3.63) is 12.3 Å². The fourth-order valence-electron chi connectivity index (χ4n) is 1.74. The van der Waals surface area contributed by atoms with E-state index in [1.54, 1.807) is 0 Å². The summed E-state index contributed by atoms with van der Waals surface area (Å²) in [4.78, 5) is 12.8. The lowest BCUT2D eigenvalue weighted by Gasteiger charge is -2.29. The standard InChI is InChI=1S/C9H14N2O4/c12-5-6-1-2-8(15-6)11-4-3-7(13)10-9(11)14/h3-4,6-8,12-13H,1-2,5H2,(H,10,14)/t6-,7?,8+/m0/s1. The number of ether oxygens (including phenoxy) is 1. The summed E-state index contributed by atoms with van der Waals surface area (Å²) in [5, 5.41) is 20.4. The highest BCUT2D eigenvalue weighted by Gasteiger charge is 2.33. The molecule has 2 aliphatic rings. The van der Waals surface area contributed by atoms with Gasteiger partial charge in [0.05, 0.1) is 12.7 Å². The van der Waals surface area contributed by atoms with E-state index in [2.05, 4.69) is 5.32 Å². The van der Waals surface area contributed by atoms with E-state index in [-0.39, 0.29) is 25.0 Å². The van der Waals surface area contributed by atoms with Gasteiger partial charge in [0, 0.05) is 6.20 Å². The van der Waals surface area contributed by atoms with Crippen molar-refractivity contribution in [2.45, 2.75) is 31.4 Å². The number of nitrogens with one attached hydrogen (secondary N) is 1. The number of urea groups is 1. The van der Waals surface area contributed by atoms with E-state index in [0.29, 0.717) is 6.42 Å². The SMILES string of the molecule is O=C1NC(O)C=CN1[C@H]1CC[C@@H](CO)O1. The topological polar surface area (TPSA) is 82.0 Å². The summed E-state index contributed by atoms with van der Waals surface area (Å²) >= 11 is 0. The van der Waals surface area contributed by atoms with Gasteiger partial charge >= 0.3 is 6.03 Å². The third-order valence-electron chi connectivity index (χ3n) is 2.53. The van der Waals surface area contributed by atoms with Crippen molar-refractivity contribution in [2.24, 2.45) is 0 Å². The smallest absolute Gasteiger partial charge is 0.325 e. The fraction of sp³-hybridized carbons (Fsp3) is 0.667. The number of aliphatic hydroxyl groups excluding tert-OH is 2. The van der Waals surface area contributed by atoms with Crippen LogP contribution in [0.1, 0.15) is 12.8 Å². The lowest BCUT2D eigenvalue weighted by Crippen LogP contribution is -2.49. The Balaban J connectivity index is 1.99. The molecule has 15 heavy (non-hydrogen) atoms. The van der Waals surface area contributed by atoms with Gasteiger partial charge in [0.25, 0.3) is 0 Å². The summed E-state index contributed by atoms with van der Waals surface area (Å²) in [5.74, 6) is 0. The molecule has 2 rings (SSSR count). The first-order chi connectivity index (χ1) is 7.20. The predicted octanol–water partition coefficient (Wildman–Crippen LogP) is -0.659. The Morgan fingerprint density at radius 2 is 2.40 bits per heavy atom. The monoisotopic (exact) mass is 214 g/mol. The van der Waals surface area contributed by atoms with Crippen molar-refractivity contribution in [3.63, 3.8) is 0 Å². The predicted molar refractivity (Wildman–Crippen MR) is 50.5 cm³/mol. The largest absolute Gasteiger partial charge is 0.394 e. The Labute approximate surface area is 87.1 Å². The minimum absolute atomic E-state index is 0.0295. The van der Waals surface area contributed by atoms with Crippen LogP contribution in [0.25, 0.3) is 0 Å². The van der Waals surface area contributed by atoms with E-state index < -0.39 is 6.23 Å². The molecule has 0 bridgehead atoms. The van der Waals surface area contributed by atoms with Crippen LogP contribution in [0.3, 0.4) is 0 Å². The molecular formula is C9H14N2O4. The molecule has 0 radical (unpaired) electrons. The maximum absolute atomic E-state index is 11.4. The first-order valence-electron chi connectivity index (χ1n) is 4.92. The molecule has 2 heterocycles. The van der Waals surface area contributed by atoms with E-state index in [4.69, 9.17) is 14.9 Å². The van der Waals surface area contributed by atoms with Gasteiger partial charge in [-0.2, -0.15) is 0 Å². The molecular weight excluding hydrogens is 200 g/mol. The molecule has 2 aliphatic heterocycles. The van der Waals surface area contributed by atoms with Crippen molar-refractivity contribution in [3.8, 4) is 0 Å². The maximum Gasteiger partial charge on any atom is 0.325 e. The van der Waals surface area contributed by atoms with E-state index in [0.717, 1.165) is 6.42 Å². The summed E-state index contributed by atoms with van der Waals surface area (Å²) < 4.78 is 5.44. The van der Waals surface area contributed by atoms with Crippen LogP contribution < -0.4 is 5.32 Å². The van der Waals surface area contributed by atoms with Crippen LogP contribution in [0.4, 0.5) is 4.79 Å². The maximum atomic E-state index is 11.4. The Bertz CT molecular complexity index is 281. The number of amides is 2. The Hall–Kier alpha value is -1.11. The Morgan fingerprint density at radius 1 is 1.60 bits per heavy atom. The molecule has 1 fully saturated rings. The molecule has 0 spiro atoms. The summed E-state index contributed by atoms with van der Waals surface area (Å²) in [6.45, 7) is -0.0295. The zero-order valence-corrected chi connectivity index (χ0v) is 8.17. The first-order valence-corrected chi connectivity index (χ1v) is 4.92. The molecule has 0 aromatic carbocycles. The van der Waals surface area contributed by atoms with Gasteiger partial charge in [0.15, 0.2) is 0 Å². The second kappa shape index (κ2) is 4.18. The van der Waals surface area contributed by atoms with Gasteiger partial charge in [-0.3, -0.25) is 4.90 Å². The quantitative estimate of drug-likeness (QED) is 0.570. The summed E-state index contributed by atoms with van der Waals surface area (Å²) in [6, 6.07) is -0.381. The lowest BCUT2D eigenvalue weighted by atomic mass is 10.2. The summed E-state index contributed by atoms with van der Waals surface area (Å²) in [7, 11) is 0. The molecule has 3 atom stereocenters. The molecule has 0 saturated carbocycles. The van der Waals surface area contributed by atoms with Crippen LogP contribution in [0.5, 0.6) is 0 Å². The highest BCUT2D eigenvalue weighted by Crippen LogP contribution is 2.23. The van der Waals surface area contributed by atoms with Crippen LogP contribution >= 0.6 is 0 Å². The minimum Gasteiger partial charge on any atom is -0.394 e. The van der Waals surface area contributed by atoms with Gasteiger partial charge in [0.1, 0.15) is 12.5 Å². The van der Waals surface area contributed by atoms with E-state index in [1.165, 1.54) is 17.2 Å². The van der Waals surface area contributed by atoms with Crippen LogP contribution in [-0.4, -0.2) is 46.3 Å². The second-order valence-corrected chi connectivity index (χ2v) is 3.62. The molecule has 0 aromatic heterocycles. The van der Waals surface area contributed by atoms with Crippen molar-refractivity contribution >= 4 is 6.03 Å². The Morgan fingerprint density at radius 3 is 3.00 bits per heavy atom. The number of aliphatic hydroxyl groups is 2. The summed E-state index contributed by atoms with van der Waals surface area (Å²) in [6.07, 6.45) is 2.95. The third-order valence-corrected chi connectivity index (χ3v) is 2.53. The van der Waals surface area contributed by atoms with Gasteiger partial charge in [-0.1, -0.05) is 0 Å². The number of rotatable bonds is 2. The van der Waals surface area contributed by atoms with E-state index >= 15 is 0 Å². The zero-order valence-electron chi connectivity index (χ0n) is 8.17. The highest BCUT2D eigenvalue weighted by atomic mass is 16.5. The van der Waals surface area contributed by atoms with Gasteiger partial charge in [-0.15, -0.1) is 0 Å². The zero-order chi connectivity index (χ0) is 10.8. The minimum atomic E-state index is -0.927. The number of nitrogens with zero attached hydrogens (tertiary/aromatic N) is 1. The molecule has 1 saturated heterocycles. The van der Waals surface area contributed by atoms with Gasteiger partial charge in [-0.25, -0.2) is 4.79 Å². The number of carbonyl (C=O) groups is 1. The van der Waals surface area contributed by atoms with Crippen molar-refractivity contribution < 1.29 is 19.7 Å². The molecule has 2 amide bonds. The average molecular weight is 214 g/mol. The molecule has 1 unspecified atom stereocenters. The Kier molecular flexibility index (Phi) is 2.90. The molecule has 0 aromatic rings. The number of hydrogen-bond acceptors (Lipinski definition) is 4. The van der Waals surface area contributed by atoms with Crippen molar-refractivity contribution in [1.29, 1.82) is 0 Å². The van der Waals surface area contributed by atoms with E-state index in [9.17, 15) is 4.79 Å². The lowest BCUT2D eigenvalue weighted by molar-refractivity contribution is -0.0392. The van der Waals surface area contributed by atoms with Gasteiger partial charge in [-0.05, 0) is 18.9 Å². The van der Waals surface area contributed by atoms with Crippen LogP contribution in [0, 0.1) is 0 Å². The number of carbonyl (C=O) groups excluding carboxylic acids is 1. The van der Waals surface area contributed by atoms with Gasteiger partial charge in [0.2, 0.25) is 0 Å². The van der Waals surface area contributed by atoms with Gasteiger partial charge < -0.3 is 20.3 Å². The molecule has 84 valence electrons. The van der Waals surface area contributed by atoms with Crippen LogP contribution in [0.15, 0.2) is 12.3 Å². The first kappa shape index (κ1) is 10.4. The number of hydrogen-bond donors (Lipinski definition) is 3.